The molecule has 0 unspecified atom stereocenters. The minimum atomic E-state index is -0.860. The third kappa shape index (κ3) is 6.57. The second-order valence-electron chi connectivity index (χ2n) is 7.06. The summed E-state index contributed by atoms with van der Waals surface area (Å²) in [7, 11) is 0. The lowest BCUT2D eigenvalue weighted by atomic mass is 10.1. The Balaban J connectivity index is 1.48. The molecule has 2 amide bonds. The molecule has 0 fully saturated rings. The molecule has 0 radical (unpaired) electrons. The molecule has 3 aromatic rings. The van der Waals surface area contributed by atoms with Crippen molar-refractivity contribution in [3.63, 3.8) is 0 Å². The maximum Gasteiger partial charge on any atom is 0.329 e. The van der Waals surface area contributed by atoms with Crippen LogP contribution in [0.1, 0.15) is 22.3 Å². The molecule has 0 heterocycles. The summed E-state index contributed by atoms with van der Waals surface area (Å²) < 4.78 is 5.72. The largest absolute Gasteiger partial charge is 0.489 e. The number of carbonyl (C=O) groups excluding carboxylic acids is 2. The number of hydrogen-bond acceptors (Lipinski definition) is 4. The van der Waals surface area contributed by atoms with Gasteiger partial charge in [0.05, 0.1) is 16.3 Å². The Morgan fingerprint density at radius 1 is 0.906 bits per heavy atom. The first-order valence-corrected chi connectivity index (χ1v) is 10.5. The molecular weight excluding hydrogens is 449 g/mol. The van der Waals surface area contributed by atoms with Gasteiger partial charge in [0.15, 0.2) is 0 Å². The van der Waals surface area contributed by atoms with E-state index in [4.69, 9.17) is 27.9 Å². The van der Waals surface area contributed by atoms with Gasteiger partial charge in [-0.25, -0.2) is 5.43 Å². The number of rotatable bonds is 6. The van der Waals surface area contributed by atoms with Crippen LogP contribution in [0.4, 0.5) is 5.69 Å². The van der Waals surface area contributed by atoms with E-state index in [1.54, 1.807) is 48.5 Å². The van der Waals surface area contributed by atoms with E-state index >= 15 is 0 Å². The first kappa shape index (κ1) is 23.3. The highest BCUT2D eigenvalue weighted by molar-refractivity contribution is 6.42. The molecule has 164 valence electrons. The van der Waals surface area contributed by atoms with Crippen LogP contribution in [-0.4, -0.2) is 18.0 Å². The van der Waals surface area contributed by atoms with Gasteiger partial charge in [-0.3, -0.25) is 9.59 Å². The van der Waals surface area contributed by atoms with Gasteiger partial charge in [-0.05, 0) is 84.6 Å². The maximum absolute atomic E-state index is 12.0. The summed E-state index contributed by atoms with van der Waals surface area (Å²) in [5, 5.41) is 7.34. The van der Waals surface area contributed by atoms with Gasteiger partial charge in [0.25, 0.3) is 0 Å². The van der Waals surface area contributed by atoms with Crippen LogP contribution in [0.3, 0.4) is 0 Å². The second-order valence-corrected chi connectivity index (χ2v) is 7.87. The number of nitrogens with zero attached hydrogens (tertiary/aromatic N) is 1. The van der Waals surface area contributed by atoms with Crippen molar-refractivity contribution >= 4 is 46.9 Å². The Kier molecular flexibility index (Phi) is 7.87. The van der Waals surface area contributed by atoms with Crippen molar-refractivity contribution in [1.29, 1.82) is 0 Å². The van der Waals surface area contributed by atoms with Crippen molar-refractivity contribution in [2.24, 2.45) is 5.10 Å². The van der Waals surface area contributed by atoms with E-state index in [2.05, 4.69) is 15.8 Å². The molecule has 3 rings (SSSR count). The predicted octanol–water partition coefficient (Wildman–Crippen LogP) is 5.28. The summed E-state index contributed by atoms with van der Waals surface area (Å²) in [4.78, 5) is 23.9. The quantitative estimate of drug-likeness (QED) is 0.292. The molecule has 2 N–H and O–H groups in total. The molecule has 0 spiro atoms. The number of hydrogen-bond donors (Lipinski definition) is 2. The SMILES string of the molecule is Cc1ccc(NC(=O)C(=O)N/N=C\c2ccc(OCc3ccc(Cl)c(Cl)c3)cc2)cc1C. The van der Waals surface area contributed by atoms with E-state index in [0.717, 1.165) is 22.3 Å². The summed E-state index contributed by atoms with van der Waals surface area (Å²) in [6.45, 7) is 4.24. The molecule has 0 saturated heterocycles. The van der Waals surface area contributed by atoms with E-state index in [1.807, 2.05) is 26.0 Å². The van der Waals surface area contributed by atoms with Crippen LogP contribution in [0.15, 0.2) is 65.8 Å². The van der Waals surface area contributed by atoms with Crippen LogP contribution in [0.25, 0.3) is 0 Å². The lowest BCUT2D eigenvalue weighted by Gasteiger charge is -2.07. The molecule has 0 aromatic heterocycles. The van der Waals surface area contributed by atoms with Crippen molar-refractivity contribution in [2.45, 2.75) is 20.5 Å². The number of hydrazone groups is 1. The minimum Gasteiger partial charge on any atom is -0.489 e. The zero-order valence-electron chi connectivity index (χ0n) is 17.5. The second kappa shape index (κ2) is 10.8. The number of halogens is 2. The van der Waals surface area contributed by atoms with Crippen molar-refractivity contribution < 1.29 is 14.3 Å². The van der Waals surface area contributed by atoms with Crippen LogP contribution in [0, 0.1) is 13.8 Å². The van der Waals surface area contributed by atoms with Gasteiger partial charge in [0.1, 0.15) is 12.4 Å². The van der Waals surface area contributed by atoms with Crippen molar-refractivity contribution in [3.05, 3.63) is 93.0 Å². The minimum absolute atomic E-state index is 0.343. The normalized spacial score (nSPS) is 10.8. The van der Waals surface area contributed by atoms with E-state index < -0.39 is 11.8 Å². The molecule has 6 nitrogen and oxygen atoms in total. The number of aryl methyl sites for hydroxylation is 2. The Hall–Kier alpha value is -3.35. The summed E-state index contributed by atoms with van der Waals surface area (Å²) >= 11 is 11.9. The number of carbonyl (C=O) groups is 2. The molecule has 0 aliphatic heterocycles. The number of amides is 2. The average Bonchev–Trinajstić information content (AvgIpc) is 2.78. The van der Waals surface area contributed by atoms with Gasteiger partial charge < -0.3 is 10.1 Å². The average molecular weight is 470 g/mol. The standard InChI is InChI=1S/C24H21Cl2N3O3/c1-15-3-7-19(11-16(15)2)28-23(30)24(31)29-27-13-17-4-8-20(9-5-17)32-14-18-6-10-21(25)22(26)12-18/h3-13H,14H2,1-2H3,(H,28,30)(H,29,31)/b27-13-. The first-order valence-electron chi connectivity index (χ1n) is 9.70. The van der Waals surface area contributed by atoms with Crippen molar-refractivity contribution in [1.82, 2.24) is 5.43 Å². The lowest BCUT2D eigenvalue weighted by molar-refractivity contribution is -0.136. The highest BCUT2D eigenvalue weighted by Crippen LogP contribution is 2.23. The summed E-state index contributed by atoms with van der Waals surface area (Å²) in [6.07, 6.45) is 1.43. The fourth-order valence-corrected chi connectivity index (χ4v) is 2.99. The van der Waals surface area contributed by atoms with E-state index in [9.17, 15) is 9.59 Å². The molecular formula is C24H21Cl2N3O3. The van der Waals surface area contributed by atoms with Crippen LogP contribution in [0.5, 0.6) is 5.75 Å². The molecule has 0 aliphatic carbocycles. The van der Waals surface area contributed by atoms with Gasteiger partial charge in [-0.2, -0.15) is 5.10 Å². The number of nitrogens with one attached hydrogen (secondary N) is 2. The van der Waals surface area contributed by atoms with E-state index in [1.165, 1.54) is 6.21 Å². The van der Waals surface area contributed by atoms with E-state index in [-0.39, 0.29) is 0 Å². The van der Waals surface area contributed by atoms with Gasteiger partial charge in [0, 0.05) is 5.69 Å². The Bertz CT molecular complexity index is 1160. The molecule has 0 aliphatic rings. The Morgan fingerprint density at radius 2 is 1.66 bits per heavy atom. The van der Waals surface area contributed by atoms with E-state index in [0.29, 0.717) is 28.1 Å². The van der Waals surface area contributed by atoms with Crippen LogP contribution >= 0.6 is 23.2 Å². The predicted molar refractivity (Wildman–Crippen MR) is 128 cm³/mol. The third-order valence-corrected chi connectivity index (χ3v) is 5.36. The van der Waals surface area contributed by atoms with Crippen molar-refractivity contribution in [2.75, 3.05) is 5.32 Å². The lowest BCUT2D eigenvalue weighted by Crippen LogP contribution is -2.32. The monoisotopic (exact) mass is 469 g/mol. The van der Waals surface area contributed by atoms with Crippen LogP contribution in [-0.2, 0) is 16.2 Å². The molecule has 0 saturated carbocycles. The van der Waals surface area contributed by atoms with Gasteiger partial charge in [0.2, 0.25) is 0 Å². The molecule has 0 atom stereocenters. The zero-order chi connectivity index (χ0) is 23.1. The zero-order valence-corrected chi connectivity index (χ0v) is 19.0. The van der Waals surface area contributed by atoms with Crippen LogP contribution < -0.4 is 15.5 Å². The van der Waals surface area contributed by atoms with Crippen molar-refractivity contribution in [3.8, 4) is 5.75 Å². The topological polar surface area (TPSA) is 79.8 Å². The third-order valence-electron chi connectivity index (χ3n) is 4.62. The summed E-state index contributed by atoms with van der Waals surface area (Å²) in [5.74, 6) is -0.998. The maximum atomic E-state index is 12.0. The fourth-order valence-electron chi connectivity index (χ4n) is 2.67. The summed E-state index contributed by atoms with van der Waals surface area (Å²) in [6, 6.07) is 17.8. The van der Waals surface area contributed by atoms with Gasteiger partial charge in [-0.15, -0.1) is 0 Å². The van der Waals surface area contributed by atoms with Gasteiger partial charge in [-0.1, -0.05) is 35.3 Å². The van der Waals surface area contributed by atoms with Crippen LogP contribution in [0.2, 0.25) is 10.0 Å². The number of benzene rings is 3. The number of ether oxygens (including phenoxy) is 1. The molecule has 8 heteroatoms. The molecule has 3 aromatic carbocycles. The van der Waals surface area contributed by atoms with Gasteiger partial charge >= 0.3 is 11.8 Å². The first-order chi connectivity index (χ1) is 15.3. The fraction of sp³-hybridized carbons (Fsp3) is 0.125. The summed E-state index contributed by atoms with van der Waals surface area (Å²) in [5.41, 5.74) is 6.50. The number of anilines is 1. The highest BCUT2D eigenvalue weighted by atomic mass is 35.5. The Morgan fingerprint density at radius 3 is 2.34 bits per heavy atom. The Labute approximate surface area is 196 Å². The smallest absolute Gasteiger partial charge is 0.329 e. The molecule has 32 heavy (non-hydrogen) atoms. The molecule has 0 bridgehead atoms. The highest BCUT2D eigenvalue weighted by Gasteiger charge is 2.13.